The molecule has 0 aliphatic heterocycles. The van der Waals surface area contributed by atoms with Crippen LogP contribution in [0.3, 0.4) is 0 Å². The summed E-state index contributed by atoms with van der Waals surface area (Å²) in [6.07, 6.45) is -3.66. The molecule has 0 amide bonds. The van der Waals surface area contributed by atoms with Gasteiger partial charge in [-0.15, -0.1) is 0 Å². The number of nitro groups is 1. The first-order valence-corrected chi connectivity index (χ1v) is 5.21. The number of aromatic nitrogens is 1. The van der Waals surface area contributed by atoms with Gasteiger partial charge in [0, 0.05) is 6.07 Å². The molecule has 104 valence electrons. The highest BCUT2D eigenvalue weighted by molar-refractivity contribution is 5.73. The second-order valence-corrected chi connectivity index (χ2v) is 3.46. The molecule has 0 unspecified atom stereocenters. The molecule has 0 saturated carbocycles. The summed E-state index contributed by atoms with van der Waals surface area (Å²) in [7, 11) is 0. The standard InChI is InChI=1S/C10H10F2N2O5/c1-2-19-8(16)4-5-9(14(17)18)7(15)3-6(13-5)10(11)12/h3,10H,2,4H2,1H3,(H,13,15). The van der Waals surface area contributed by atoms with E-state index in [-0.39, 0.29) is 6.61 Å². The van der Waals surface area contributed by atoms with Gasteiger partial charge in [-0.1, -0.05) is 0 Å². The molecule has 1 aromatic rings. The van der Waals surface area contributed by atoms with Gasteiger partial charge in [0.2, 0.25) is 0 Å². The number of halogens is 2. The number of nitrogens with zero attached hydrogens (tertiary/aromatic N) is 1. The number of ether oxygens (including phenoxy) is 1. The van der Waals surface area contributed by atoms with Crippen molar-refractivity contribution in [2.45, 2.75) is 19.8 Å². The van der Waals surface area contributed by atoms with Crippen molar-refractivity contribution in [3.05, 3.63) is 37.8 Å². The summed E-state index contributed by atoms with van der Waals surface area (Å²) in [6, 6.07) is 0.442. The third kappa shape index (κ3) is 3.57. The van der Waals surface area contributed by atoms with Gasteiger partial charge >= 0.3 is 11.7 Å². The molecular formula is C10H10F2N2O5. The zero-order chi connectivity index (χ0) is 14.6. The Morgan fingerprint density at radius 2 is 2.21 bits per heavy atom. The van der Waals surface area contributed by atoms with Gasteiger partial charge in [0.25, 0.3) is 11.9 Å². The van der Waals surface area contributed by atoms with E-state index >= 15 is 0 Å². The van der Waals surface area contributed by atoms with Gasteiger partial charge in [0.1, 0.15) is 5.69 Å². The summed E-state index contributed by atoms with van der Waals surface area (Å²) in [6.45, 7) is 1.55. The maximum atomic E-state index is 12.5. The lowest BCUT2D eigenvalue weighted by Gasteiger charge is -2.06. The Labute approximate surface area is 105 Å². The van der Waals surface area contributed by atoms with E-state index in [0.29, 0.717) is 6.07 Å². The molecule has 19 heavy (non-hydrogen) atoms. The lowest BCUT2D eigenvalue weighted by atomic mass is 10.2. The fraction of sp³-hybridized carbons (Fsp3) is 0.400. The van der Waals surface area contributed by atoms with E-state index in [0.717, 1.165) is 0 Å². The molecule has 1 N–H and O–H groups in total. The van der Waals surface area contributed by atoms with Crippen molar-refractivity contribution in [1.82, 2.24) is 4.98 Å². The number of carbonyl (C=O) groups excluding carboxylic acids is 1. The minimum Gasteiger partial charge on any atom is -0.466 e. The van der Waals surface area contributed by atoms with Gasteiger partial charge in [-0.3, -0.25) is 19.7 Å². The van der Waals surface area contributed by atoms with Crippen LogP contribution in [0.5, 0.6) is 0 Å². The third-order valence-electron chi connectivity index (χ3n) is 2.15. The zero-order valence-corrected chi connectivity index (χ0v) is 9.81. The van der Waals surface area contributed by atoms with Crippen LogP contribution in [0.2, 0.25) is 0 Å². The summed E-state index contributed by atoms with van der Waals surface area (Å²) in [5.74, 6) is -0.854. The van der Waals surface area contributed by atoms with Crippen LogP contribution in [0.1, 0.15) is 24.7 Å². The molecule has 1 heterocycles. The predicted octanol–water partition coefficient (Wildman–Crippen LogP) is 1.33. The first-order valence-electron chi connectivity index (χ1n) is 5.21. The second kappa shape index (κ2) is 6.03. The maximum absolute atomic E-state index is 12.5. The predicted molar refractivity (Wildman–Crippen MR) is 59.0 cm³/mol. The molecule has 0 spiro atoms. The van der Waals surface area contributed by atoms with E-state index in [1.54, 1.807) is 0 Å². The summed E-state index contributed by atoms with van der Waals surface area (Å²) in [5.41, 5.74) is -3.39. The third-order valence-corrected chi connectivity index (χ3v) is 2.15. The average Bonchev–Trinajstić information content (AvgIpc) is 2.27. The number of esters is 1. The van der Waals surface area contributed by atoms with Crippen LogP contribution in [0.25, 0.3) is 0 Å². The highest BCUT2D eigenvalue weighted by Crippen LogP contribution is 2.19. The fourth-order valence-electron chi connectivity index (χ4n) is 1.43. The number of hydrogen-bond donors (Lipinski definition) is 1. The van der Waals surface area contributed by atoms with Crippen LogP contribution < -0.4 is 5.43 Å². The Hall–Kier alpha value is -2.32. The van der Waals surface area contributed by atoms with Crippen LogP contribution in [0.4, 0.5) is 14.5 Å². The normalized spacial score (nSPS) is 10.5. The van der Waals surface area contributed by atoms with Gasteiger partial charge in [-0.2, -0.15) is 0 Å². The van der Waals surface area contributed by atoms with Gasteiger partial charge in [0.15, 0.2) is 0 Å². The topological polar surface area (TPSA) is 102 Å². The molecule has 0 aromatic carbocycles. The monoisotopic (exact) mass is 276 g/mol. The Morgan fingerprint density at radius 1 is 1.58 bits per heavy atom. The summed E-state index contributed by atoms with van der Waals surface area (Å²) in [5, 5.41) is 10.7. The number of H-pyrrole nitrogens is 1. The number of rotatable bonds is 5. The fourth-order valence-corrected chi connectivity index (χ4v) is 1.43. The van der Waals surface area contributed by atoms with Crippen molar-refractivity contribution in [1.29, 1.82) is 0 Å². The Bertz CT molecular complexity index is 555. The molecular weight excluding hydrogens is 266 g/mol. The number of hydrogen-bond acceptors (Lipinski definition) is 5. The molecule has 0 aliphatic carbocycles. The van der Waals surface area contributed by atoms with E-state index < -0.39 is 46.2 Å². The van der Waals surface area contributed by atoms with E-state index in [1.807, 2.05) is 4.98 Å². The number of carbonyl (C=O) groups is 1. The van der Waals surface area contributed by atoms with Crippen LogP contribution >= 0.6 is 0 Å². The Morgan fingerprint density at radius 3 is 2.68 bits per heavy atom. The molecule has 7 nitrogen and oxygen atoms in total. The minimum atomic E-state index is -3.01. The summed E-state index contributed by atoms with van der Waals surface area (Å²) >= 11 is 0. The van der Waals surface area contributed by atoms with Crippen molar-refractivity contribution < 1.29 is 23.2 Å². The first kappa shape index (κ1) is 14.7. The second-order valence-electron chi connectivity index (χ2n) is 3.46. The highest BCUT2D eigenvalue weighted by Gasteiger charge is 2.24. The molecule has 0 radical (unpaired) electrons. The molecule has 1 aromatic heterocycles. The van der Waals surface area contributed by atoms with Gasteiger partial charge in [0.05, 0.1) is 23.6 Å². The number of nitrogens with one attached hydrogen (secondary N) is 1. The number of aromatic amines is 1. The lowest BCUT2D eigenvalue weighted by Crippen LogP contribution is -2.18. The van der Waals surface area contributed by atoms with Crippen LogP contribution in [0.15, 0.2) is 10.9 Å². The lowest BCUT2D eigenvalue weighted by molar-refractivity contribution is -0.387. The maximum Gasteiger partial charge on any atom is 0.335 e. The van der Waals surface area contributed by atoms with Crippen molar-refractivity contribution in [3.63, 3.8) is 0 Å². The van der Waals surface area contributed by atoms with Crippen LogP contribution in [0, 0.1) is 10.1 Å². The van der Waals surface area contributed by atoms with E-state index in [2.05, 4.69) is 4.74 Å². The van der Waals surface area contributed by atoms with E-state index in [9.17, 15) is 28.5 Å². The number of pyridine rings is 1. The quantitative estimate of drug-likeness (QED) is 0.496. The largest absolute Gasteiger partial charge is 0.466 e. The smallest absolute Gasteiger partial charge is 0.335 e. The summed E-state index contributed by atoms with van der Waals surface area (Å²) < 4.78 is 29.5. The molecule has 0 fully saturated rings. The zero-order valence-electron chi connectivity index (χ0n) is 9.81. The van der Waals surface area contributed by atoms with Gasteiger partial charge in [-0.05, 0) is 6.92 Å². The first-order chi connectivity index (χ1) is 8.86. The minimum absolute atomic E-state index is 0.0331. The Kier molecular flexibility index (Phi) is 4.67. The van der Waals surface area contributed by atoms with E-state index in [1.165, 1.54) is 6.92 Å². The molecule has 0 atom stereocenters. The average molecular weight is 276 g/mol. The molecule has 0 saturated heterocycles. The van der Waals surface area contributed by atoms with Gasteiger partial charge in [-0.25, -0.2) is 8.78 Å². The molecule has 9 heteroatoms. The van der Waals surface area contributed by atoms with Crippen LogP contribution in [-0.2, 0) is 16.0 Å². The Balaban J connectivity index is 3.28. The highest BCUT2D eigenvalue weighted by atomic mass is 19.3. The van der Waals surface area contributed by atoms with Crippen molar-refractivity contribution in [2.24, 2.45) is 0 Å². The SMILES string of the molecule is CCOC(=O)Cc1[nH]c(C(F)F)cc(=O)c1[N+](=O)[O-]. The molecule has 0 bridgehead atoms. The van der Waals surface area contributed by atoms with Crippen molar-refractivity contribution in [2.75, 3.05) is 6.61 Å². The van der Waals surface area contributed by atoms with E-state index in [4.69, 9.17) is 0 Å². The molecule has 0 aliphatic rings. The van der Waals surface area contributed by atoms with Crippen LogP contribution in [-0.4, -0.2) is 22.5 Å². The molecule has 1 rings (SSSR count). The van der Waals surface area contributed by atoms with Gasteiger partial charge < -0.3 is 9.72 Å². The summed E-state index contributed by atoms with van der Waals surface area (Å²) in [4.78, 5) is 34.3. The van der Waals surface area contributed by atoms with Crippen molar-refractivity contribution >= 4 is 11.7 Å². The number of alkyl halides is 2. The van der Waals surface area contributed by atoms with Crippen molar-refractivity contribution in [3.8, 4) is 0 Å².